The molecular weight excluding hydrogens is 236 g/mol. The quantitative estimate of drug-likeness (QED) is 0.453. The van der Waals surface area contributed by atoms with E-state index in [4.69, 9.17) is 4.74 Å². The highest BCUT2D eigenvalue weighted by molar-refractivity contribution is 5.75. The van der Waals surface area contributed by atoms with Crippen LogP contribution in [0.5, 0.6) is 0 Å². The van der Waals surface area contributed by atoms with E-state index in [1.54, 1.807) is 24.3 Å². The van der Waals surface area contributed by atoms with Gasteiger partial charge in [-0.15, -0.1) is 0 Å². The molecule has 0 amide bonds. The van der Waals surface area contributed by atoms with Crippen LogP contribution in [-0.2, 0) is 14.3 Å². The van der Waals surface area contributed by atoms with Crippen molar-refractivity contribution in [2.45, 2.75) is 6.10 Å². The smallest absolute Gasteiger partial charge is 0.438 e. The van der Waals surface area contributed by atoms with E-state index in [1.807, 2.05) is 0 Å². The van der Waals surface area contributed by atoms with Crippen LogP contribution in [0.25, 0.3) is 0 Å². The first kappa shape index (κ1) is 13.6. The number of rotatable bonds is 5. The Morgan fingerprint density at radius 1 is 1.33 bits per heavy atom. The van der Waals surface area contributed by atoms with Gasteiger partial charge >= 0.3 is 6.16 Å². The molecule has 0 heterocycles. The molecule has 94 valence electrons. The van der Waals surface area contributed by atoms with E-state index in [0.717, 1.165) is 0 Å². The maximum atomic E-state index is 11.1. The van der Waals surface area contributed by atoms with Gasteiger partial charge in [0.15, 0.2) is 0 Å². The lowest BCUT2D eigenvalue weighted by molar-refractivity contribution is -0.104. The van der Waals surface area contributed by atoms with Crippen molar-refractivity contribution in [2.24, 2.45) is 0 Å². The summed E-state index contributed by atoms with van der Waals surface area (Å²) in [4.78, 5) is 32.0. The van der Waals surface area contributed by atoms with Crippen LogP contribution in [0.15, 0.2) is 36.4 Å². The van der Waals surface area contributed by atoms with Gasteiger partial charge < -0.3 is 9.47 Å². The van der Waals surface area contributed by atoms with E-state index in [0.29, 0.717) is 23.7 Å². The van der Waals surface area contributed by atoms with Crippen molar-refractivity contribution >= 4 is 18.7 Å². The number of hydrogen-bond donors (Lipinski definition) is 0. The highest BCUT2D eigenvalue weighted by Crippen LogP contribution is 2.20. The Morgan fingerprint density at radius 3 is 2.72 bits per heavy atom. The van der Waals surface area contributed by atoms with E-state index in [1.165, 1.54) is 19.3 Å². The summed E-state index contributed by atoms with van der Waals surface area (Å²) in [7, 11) is 1.19. The summed E-state index contributed by atoms with van der Waals surface area (Å²) in [6.45, 7) is 0. The van der Waals surface area contributed by atoms with Gasteiger partial charge in [0.2, 0.25) is 0 Å². The summed E-state index contributed by atoms with van der Waals surface area (Å²) < 4.78 is 9.35. The molecule has 0 aliphatic rings. The van der Waals surface area contributed by atoms with Crippen LogP contribution in [0, 0.1) is 0 Å². The third-order valence-corrected chi connectivity index (χ3v) is 2.13. The Bertz CT molecular complexity index is 464. The van der Waals surface area contributed by atoms with Crippen LogP contribution < -0.4 is 0 Å². The molecule has 0 fully saturated rings. The minimum Gasteiger partial charge on any atom is -0.438 e. The number of benzene rings is 1. The molecule has 0 radical (unpaired) electrons. The first-order valence-electron chi connectivity index (χ1n) is 5.13. The van der Waals surface area contributed by atoms with Crippen LogP contribution in [0.2, 0.25) is 0 Å². The first-order valence-corrected chi connectivity index (χ1v) is 5.13. The molecule has 0 saturated heterocycles. The second-order valence-electron chi connectivity index (χ2n) is 3.30. The second-order valence-corrected chi connectivity index (χ2v) is 3.30. The molecule has 1 aromatic carbocycles. The average molecular weight is 248 g/mol. The van der Waals surface area contributed by atoms with Gasteiger partial charge in [-0.05, 0) is 23.8 Å². The molecule has 1 atom stereocenters. The number of methoxy groups -OCH3 is 1. The highest BCUT2D eigenvalue weighted by atomic mass is 16.7. The molecular formula is C13H12O5. The zero-order chi connectivity index (χ0) is 13.4. The van der Waals surface area contributed by atoms with Crippen molar-refractivity contribution in [3.05, 3.63) is 47.5 Å². The lowest BCUT2D eigenvalue weighted by Gasteiger charge is -2.13. The van der Waals surface area contributed by atoms with Gasteiger partial charge in [0.05, 0.1) is 7.11 Å². The molecule has 0 aliphatic heterocycles. The summed E-state index contributed by atoms with van der Waals surface area (Å²) in [6.07, 6.45) is 2.21. The Labute approximate surface area is 104 Å². The molecule has 5 heteroatoms. The number of ether oxygens (including phenoxy) is 2. The van der Waals surface area contributed by atoms with Gasteiger partial charge in [-0.1, -0.05) is 18.2 Å². The fourth-order valence-electron chi connectivity index (χ4n) is 1.33. The topological polar surface area (TPSA) is 69.7 Å². The van der Waals surface area contributed by atoms with E-state index < -0.39 is 12.3 Å². The van der Waals surface area contributed by atoms with Crippen molar-refractivity contribution in [1.29, 1.82) is 0 Å². The van der Waals surface area contributed by atoms with Gasteiger partial charge in [0.25, 0.3) is 0 Å². The Kier molecular flexibility index (Phi) is 5.31. The van der Waals surface area contributed by atoms with E-state index in [-0.39, 0.29) is 0 Å². The normalized spacial score (nSPS) is 11.8. The largest absolute Gasteiger partial charge is 0.508 e. The summed E-state index contributed by atoms with van der Waals surface area (Å²) in [5.74, 6) is 0. The predicted octanol–water partition coefficient (Wildman–Crippen LogP) is 2.08. The van der Waals surface area contributed by atoms with Gasteiger partial charge in [-0.25, -0.2) is 4.79 Å². The van der Waals surface area contributed by atoms with Crippen LogP contribution in [0.4, 0.5) is 4.79 Å². The number of carbonyl (C=O) groups is 3. The van der Waals surface area contributed by atoms with Gasteiger partial charge in [0, 0.05) is 5.56 Å². The van der Waals surface area contributed by atoms with E-state index in [2.05, 4.69) is 4.74 Å². The molecule has 0 saturated carbocycles. The summed E-state index contributed by atoms with van der Waals surface area (Å²) in [5.41, 5.74) is 1.02. The third-order valence-electron chi connectivity index (χ3n) is 2.13. The predicted molar refractivity (Wildman–Crippen MR) is 63.3 cm³/mol. The zero-order valence-corrected chi connectivity index (χ0v) is 9.74. The molecule has 5 nitrogen and oxygen atoms in total. The number of aldehydes is 2. The van der Waals surface area contributed by atoms with Gasteiger partial charge in [-0.2, -0.15) is 0 Å². The summed E-state index contributed by atoms with van der Waals surface area (Å²) in [5, 5.41) is 0. The third kappa shape index (κ3) is 3.86. The second kappa shape index (κ2) is 7.01. The monoisotopic (exact) mass is 248 g/mol. The van der Waals surface area contributed by atoms with Crippen molar-refractivity contribution in [3.63, 3.8) is 0 Å². The van der Waals surface area contributed by atoms with E-state index in [9.17, 15) is 14.4 Å². The van der Waals surface area contributed by atoms with Crippen LogP contribution in [0.3, 0.4) is 0 Å². The van der Waals surface area contributed by atoms with Crippen LogP contribution in [0.1, 0.15) is 22.0 Å². The van der Waals surface area contributed by atoms with Crippen LogP contribution in [-0.4, -0.2) is 25.8 Å². The lowest BCUT2D eigenvalue weighted by Crippen LogP contribution is -2.10. The molecule has 18 heavy (non-hydrogen) atoms. The minimum atomic E-state index is -0.868. The first-order chi connectivity index (χ1) is 8.71. The molecule has 0 aliphatic carbocycles. The number of hydrogen-bond acceptors (Lipinski definition) is 5. The van der Waals surface area contributed by atoms with Crippen LogP contribution >= 0.6 is 0 Å². The van der Waals surface area contributed by atoms with Gasteiger partial charge in [-0.3, -0.25) is 9.59 Å². The van der Waals surface area contributed by atoms with Crippen molar-refractivity contribution in [2.75, 3.05) is 7.11 Å². The average Bonchev–Trinajstić information content (AvgIpc) is 2.43. The molecule has 1 unspecified atom stereocenters. The number of allylic oxidation sites excluding steroid dienone is 1. The fourth-order valence-corrected chi connectivity index (χ4v) is 1.33. The molecule has 0 bridgehead atoms. The SMILES string of the molecule is COC(=O)OC(/C=C/C=O)c1cccc(C=O)c1. The zero-order valence-electron chi connectivity index (χ0n) is 9.74. The molecule has 1 rings (SSSR count). The molecule has 0 spiro atoms. The standard InChI is InChI=1S/C13H12O5/c1-17-13(16)18-12(6-3-7-14)11-5-2-4-10(8-11)9-15/h2-9,12H,1H3/b6-3+. The maximum Gasteiger partial charge on any atom is 0.508 e. The summed E-state index contributed by atoms with van der Waals surface area (Å²) >= 11 is 0. The Balaban J connectivity index is 2.99. The molecule has 1 aromatic rings. The van der Waals surface area contributed by atoms with Crippen molar-refractivity contribution in [1.82, 2.24) is 0 Å². The van der Waals surface area contributed by atoms with E-state index >= 15 is 0 Å². The minimum absolute atomic E-state index is 0.450. The fraction of sp³-hybridized carbons (Fsp3) is 0.154. The molecule has 0 aromatic heterocycles. The summed E-state index contributed by atoms with van der Waals surface area (Å²) in [6, 6.07) is 6.52. The molecule has 0 N–H and O–H groups in total. The maximum absolute atomic E-state index is 11.1. The lowest BCUT2D eigenvalue weighted by atomic mass is 10.1. The number of carbonyl (C=O) groups excluding carboxylic acids is 3. The van der Waals surface area contributed by atoms with Gasteiger partial charge in [0.1, 0.15) is 18.7 Å². The van der Waals surface area contributed by atoms with Crippen molar-refractivity contribution in [3.8, 4) is 0 Å². The highest BCUT2D eigenvalue weighted by Gasteiger charge is 2.14. The van der Waals surface area contributed by atoms with Crippen molar-refractivity contribution < 1.29 is 23.9 Å². The Hall–Kier alpha value is -2.43. The Morgan fingerprint density at radius 2 is 2.11 bits per heavy atom.